The van der Waals surface area contributed by atoms with Gasteiger partial charge in [-0.1, -0.05) is 30.3 Å². The van der Waals surface area contributed by atoms with Crippen LogP contribution < -0.4 is 4.90 Å². The molecule has 0 unspecified atom stereocenters. The number of anilines is 1. The summed E-state index contributed by atoms with van der Waals surface area (Å²) < 4.78 is 0. The summed E-state index contributed by atoms with van der Waals surface area (Å²) in [5.41, 5.74) is 1.22. The second-order valence-corrected chi connectivity index (χ2v) is 6.73. The molecule has 0 spiro atoms. The SMILES string of the molecule is O=C(CSc1ccccc1[N+](=O)[O-])N1CCN(c2ccccc2)CC1. The number of carbonyl (C=O) groups is 1. The van der Waals surface area contributed by atoms with E-state index in [1.165, 1.54) is 23.5 Å². The van der Waals surface area contributed by atoms with Crippen LogP contribution in [0.1, 0.15) is 0 Å². The van der Waals surface area contributed by atoms with Crippen LogP contribution in [0, 0.1) is 10.1 Å². The first kappa shape index (κ1) is 17.3. The van der Waals surface area contributed by atoms with E-state index in [1.807, 2.05) is 23.1 Å². The highest BCUT2D eigenvalue weighted by Gasteiger charge is 2.22. The smallest absolute Gasteiger partial charge is 0.282 e. The van der Waals surface area contributed by atoms with Gasteiger partial charge in [-0.2, -0.15) is 0 Å². The summed E-state index contributed by atoms with van der Waals surface area (Å²) in [5, 5.41) is 11.0. The van der Waals surface area contributed by atoms with Crippen molar-refractivity contribution in [1.29, 1.82) is 0 Å². The van der Waals surface area contributed by atoms with Crippen LogP contribution in [0.15, 0.2) is 59.5 Å². The maximum Gasteiger partial charge on any atom is 0.282 e. The molecule has 2 aromatic rings. The maximum absolute atomic E-state index is 12.4. The van der Waals surface area contributed by atoms with E-state index in [0.717, 1.165) is 13.1 Å². The van der Waals surface area contributed by atoms with Crippen LogP contribution in [0.5, 0.6) is 0 Å². The first-order valence-electron chi connectivity index (χ1n) is 8.09. The van der Waals surface area contributed by atoms with E-state index in [2.05, 4.69) is 17.0 Å². The summed E-state index contributed by atoms with van der Waals surface area (Å²) in [7, 11) is 0. The van der Waals surface area contributed by atoms with Crippen molar-refractivity contribution in [3.8, 4) is 0 Å². The summed E-state index contributed by atoms with van der Waals surface area (Å²) in [4.78, 5) is 27.7. The molecule has 0 N–H and O–H groups in total. The molecule has 2 aromatic carbocycles. The average molecular weight is 357 g/mol. The number of nitrogens with zero attached hydrogens (tertiary/aromatic N) is 3. The van der Waals surface area contributed by atoms with Crippen molar-refractivity contribution >= 4 is 29.0 Å². The summed E-state index contributed by atoms with van der Waals surface area (Å²) >= 11 is 1.23. The van der Waals surface area contributed by atoms with Crippen molar-refractivity contribution in [3.63, 3.8) is 0 Å². The topological polar surface area (TPSA) is 66.7 Å². The lowest BCUT2D eigenvalue weighted by Gasteiger charge is -2.36. The molecule has 1 aliphatic heterocycles. The number of benzene rings is 2. The van der Waals surface area contributed by atoms with Gasteiger partial charge in [0, 0.05) is 37.9 Å². The zero-order valence-electron chi connectivity index (χ0n) is 13.7. The van der Waals surface area contributed by atoms with Crippen LogP contribution in [0.25, 0.3) is 0 Å². The third-order valence-corrected chi connectivity index (χ3v) is 5.21. The minimum atomic E-state index is -0.411. The molecule has 0 bridgehead atoms. The van der Waals surface area contributed by atoms with Crippen LogP contribution >= 0.6 is 11.8 Å². The molecule has 1 fully saturated rings. The number of piperazine rings is 1. The molecule has 0 saturated carbocycles. The molecule has 0 radical (unpaired) electrons. The first-order valence-corrected chi connectivity index (χ1v) is 9.07. The van der Waals surface area contributed by atoms with Gasteiger partial charge in [-0.25, -0.2) is 0 Å². The van der Waals surface area contributed by atoms with Crippen molar-refractivity contribution in [2.75, 3.05) is 36.8 Å². The van der Waals surface area contributed by atoms with E-state index in [0.29, 0.717) is 18.0 Å². The Kier molecular flexibility index (Phi) is 5.55. The van der Waals surface area contributed by atoms with Gasteiger partial charge in [-0.15, -0.1) is 11.8 Å². The highest BCUT2D eigenvalue weighted by atomic mass is 32.2. The van der Waals surface area contributed by atoms with Gasteiger partial charge in [0.25, 0.3) is 5.69 Å². The maximum atomic E-state index is 12.4. The Morgan fingerprint density at radius 1 is 1.00 bits per heavy atom. The number of carbonyl (C=O) groups excluding carboxylic acids is 1. The average Bonchev–Trinajstić information content (AvgIpc) is 2.67. The number of para-hydroxylation sites is 2. The molecule has 3 rings (SSSR count). The van der Waals surface area contributed by atoms with Gasteiger partial charge in [0.15, 0.2) is 0 Å². The second kappa shape index (κ2) is 8.02. The lowest BCUT2D eigenvalue weighted by atomic mass is 10.2. The van der Waals surface area contributed by atoms with E-state index >= 15 is 0 Å². The van der Waals surface area contributed by atoms with E-state index in [9.17, 15) is 14.9 Å². The van der Waals surface area contributed by atoms with Crippen LogP contribution in [-0.4, -0.2) is 47.7 Å². The molecule has 1 heterocycles. The van der Waals surface area contributed by atoms with Crippen LogP contribution in [0.4, 0.5) is 11.4 Å². The Labute approximate surface area is 150 Å². The van der Waals surface area contributed by atoms with Crippen LogP contribution in [-0.2, 0) is 4.79 Å². The first-order chi connectivity index (χ1) is 12.1. The summed E-state index contributed by atoms with van der Waals surface area (Å²) in [6.07, 6.45) is 0. The van der Waals surface area contributed by atoms with Crippen molar-refractivity contribution in [2.45, 2.75) is 4.90 Å². The molecule has 1 amide bonds. The number of nitro groups is 1. The quantitative estimate of drug-likeness (QED) is 0.467. The number of amides is 1. The zero-order valence-corrected chi connectivity index (χ0v) is 14.5. The molecule has 1 aliphatic rings. The minimum Gasteiger partial charge on any atom is -0.368 e. The molecule has 130 valence electrons. The van der Waals surface area contributed by atoms with E-state index in [4.69, 9.17) is 0 Å². The van der Waals surface area contributed by atoms with Gasteiger partial charge >= 0.3 is 0 Å². The fourth-order valence-electron chi connectivity index (χ4n) is 2.81. The lowest BCUT2D eigenvalue weighted by Crippen LogP contribution is -2.49. The fraction of sp³-hybridized carbons (Fsp3) is 0.278. The van der Waals surface area contributed by atoms with Gasteiger partial charge in [0.2, 0.25) is 5.91 Å². The molecular weight excluding hydrogens is 338 g/mol. The Hall–Kier alpha value is -2.54. The molecule has 0 aromatic heterocycles. The standard InChI is InChI=1S/C18H19N3O3S/c22-18(14-25-17-9-5-4-8-16(17)21(23)24)20-12-10-19(11-13-20)15-6-2-1-3-7-15/h1-9H,10-14H2. The Morgan fingerprint density at radius 3 is 2.32 bits per heavy atom. The van der Waals surface area contributed by atoms with Gasteiger partial charge in [-0.05, 0) is 18.2 Å². The Morgan fingerprint density at radius 2 is 1.64 bits per heavy atom. The van der Waals surface area contributed by atoms with Gasteiger partial charge in [-0.3, -0.25) is 14.9 Å². The molecule has 25 heavy (non-hydrogen) atoms. The summed E-state index contributed by atoms with van der Waals surface area (Å²) in [6.45, 7) is 2.94. The third kappa shape index (κ3) is 4.30. The third-order valence-electron chi connectivity index (χ3n) is 4.17. The number of nitro benzene ring substituents is 1. The van der Waals surface area contributed by atoms with E-state index in [-0.39, 0.29) is 17.3 Å². The second-order valence-electron chi connectivity index (χ2n) is 5.72. The fourth-order valence-corrected chi connectivity index (χ4v) is 3.74. The molecule has 6 nitrogen and oxygen atoms in total. The summed E-state index contributed by atoms with van der Waals surface area (Å²) in [6, 6.07) is 16.7. The molecule has 7 heteroatoms. The van der Waals surface area contributed by atoms with E-state index in [1.54, 1.807) is 18.2 Å². The zero-order chi connectivity index (χ0) is 17.6. The monoisotopic (exact) mass is 357 g/mol. The molecule has 0 aliphatic carbocycles. The van der Waals surface area contributed by atoms with Gasteiger partial charge in [0.1, 0.15) is 0 Å². The summed E-state index contributed by atoms with van der Waals surface area (Å²) in [5.74, 6) is 0.242. The minimum absolute atomic E-state index is 0.0239. The number of thioether (sulfide) groups is 1. The van der Waals surface area contributed by atoms with Crippen molar-refractivity contribution in [2.24, 2.45) is 0 Å². The van der Waals surface area contributed by atoms with Crippen molar-refractivity contribution < 1.29 is 9.72 Å². The highest BCUT2D eigenvalue weighted by Crippen LogP contribution is 2.28. The molecule has 0 atom stereocenters. The predicted octanol–water partition coefficient (Wildman–Crippen LogP) is 3.04. The number of rotatable bonds is 5. The Balaban J connectivity index is 1.53. The highest BCUT2D eigenvalue weighted by molar-refractivity contribution is 8.00. The van der Waals surface area contributed by atoms with Crippen LogP contribution in [0.2, 0.25) is 0 Å². The normalized spacial score (nSPS) is 14.4. The van der Waals surface area contributed by atoms with Crippen LogP contribution in [0.3, 0.4) is 0 Å². The largest absolute Gasteiger partial charge is 0.368 e. The van der Waals surface area contributed by atoms with Crippen molar-refractivity contribution in [3.05, 3.63) is 64.7 Å². The lowest BCUT2D eigenvalue weighted by molar-refractivity contribution is -0.387. The molecular formula is C18H19N3O3S. The predicted molar refractivity (Wildman–Crippen MR) is 99.1 cm³/mol. The van der Waals surface area contributed by atoms with Crippen molar-refractivity contribution in [1.82, 2.24) is 4.90 Å². The van der Waals surface area contributed by atoms with Gasteiger partial charge < -0.3 is 9.80 Å². The number of hydrogen-bond donors (Lipinski definition) is 0. The van der Waals surface area contributed by atoms with E-state index < -0.39 is 4.92 Å². The molecule has 1 saturated heterocycles. The Bertz CT molecular complexity index is 746. The number of hydrogen-bond acceptors (Lipinski definition) is 5. The van der Waals surface area contributed by atoms with Gasteiger partial charge in [0.05, 0.1) is 15.6 Å².